The molecule has 0 aliphatic carbocycles. The molecule has 8 nitrogen and oxygen atoms in total. The number of nitro benzene ring substituents is 1. The molecule has 0 spiro atoms. The number of hydrogen-bond acceptors (Lipinski definition) is 7. The van der Waals surface area contributed by atoms with Crippen molar-refractivity contribution in [3.63, 3.8) is 0 Å². The van der Waals surface area contributed by atoms with Crippen LogP contribution in [0.15, 0.2) is 77.3 Å². The number of hydrogen-bond donors (Lipinski definition) is 0. The van der Waals surface area contributed by atoms with Gasteiger partial charge in [0.2, 0.25) is 5.95 Å². The van der Waals surface area contributed by atoms with Gasteiger partial charge < -0.3 is 9.80 Å². The number of amides is 1. The van der Waals surface area contributed by atoms with Crippen molar-refractivity contribution >= 4 is 34.9 Å². The maximum Gasteiger partial charge on any atom is 0.283 e. The first-order valence-electron chi connectivity index (χ1n) is 11.4. The van der Waals surface area contributed by atoms with Crippen molar-refractivity contribution in [3.8, 4) is 0 Å². The number of carbonyl (C=O) groups excluding carboxylic acids is 1. The van der Waals surface area contributed by atoms with Gasteiger partial charge >= 0.3 is 0 Å². The average Bonchev–Trinajstić information content (AvgIpc) is 2.88. The van der Waals surface area contributed by atoms with Crippen LogP contribution in [0.5, 0.6) is 0 Å². The number of carbonyl (C=O) groups is 1. The summed E-state index contributed by atoms with van der Waals surface area (Å²) in [5.41, 5.74) is 1.80. The molecule has 35 heavy (non-hydrogen) atoms. The van der Waals surface area contributed by atoms with Gasteiger partial charge in [0.25, 0.3) is 11.6 Å². The molecule has 0 radical (unpaired) electrons. The summed E-state index contributed by atoms with van der Waals surface area (Å²) >= 11 is 1.37. The van der Waals surface area contributed by atoms with Crippen LogP contribution < -0.4 is 4.90 Å². The molecule has 0 bridgehead atoms. The van der Waals surface area contributed by atoms with Crippen molar-refractivity contribution in [2.75, 3.05) is 31.1 Å². The molecule has 0 saturated carbocycles. The summed E-state index contributed by atoms with van der Waals surface area (Å²) in [6.07, 6.45) is 3.38. The molecule has 1 aliphatic rings. The lowest BCUT2D eigenvalue weighted by atomic mass is 10.0. The topological polar surface area (TPSA) is 92.5 Å². The molecule has 4 rings (SSSR count). The van der Waals surface area contributed by atoms with Gasteiger partial charge in [-0.1, -0.05) is 56.5 Å². The summed E-state index contributed by atoms with van der Waals surface area (Å²) < 4.78 is 0. The number of piperazine rings is 1. The van der Waals surface area contributed by atoms with Crippen LogP contribution in [0.3, 0.4) is 0 Å². The Kier molecular flexibility index (Phi) is 7.45. The third-order valence-electron chi connectivity index (χ3n) is 5.93. The lowest BCUT2D eigenvalue weighted by Gasteiger charge is -2.35. The highest BCUT2D eigenvalue weighted by Crippen LogP contribution is 2.39. The highest BCUT2D eigenvalue weighted by molar-refractivity contribution is 7.99. The maximum absolute atomic E-state index is 13.1. The Hall–Kier alpha value is -3.72. The summed E-state index contributed by atoms with van der Waals surface area (Å²) in [4.78, 5) is 38.4. The second kappa shape index (κ2) is 10.7. The van der Waals surface area contributed by atoms with Crippen LogP contribution in [-0.4, -0.2) is 51.9 Å². The van der Waals surface area contributed by atoms with Gasteiger partial charge in [0.15, 0.2) is 0 Å². The van der Waals surface area contributed by atoms with Gasteiger partial charge in [0.1, 0.15) is 0 Å². The molecule has 1 fully saturated rings. The minimum atomic E-state index is -0.403. The van der Waals surface area contributed by atoms with E-state index in [9.17, 15) is 14.9 Å². The molecule has 3 aromatic rings. The summed E-state index contributed by atoms with van der Waals surface area (Å²) in [6, 6.07) is 14.6. The molecular formula is C26H27N5O3S. The van der Waals surface area contributed by atoms with Gasteiger partial charge in [-0.15, -0.1) is 0 Å². The van der Waals surface area contributed by atoms with E-state index < -0.39 is 4.92 Å². The van der Waals surface area contributed by atoms with Crippen LogP contribution in [0.1, 0.15) is 30.9 Å². The summed E-state index contributed by atoms with van der Waals surface area (Å²) in [7, 11) is 0. The normalized spacial score (nSPS) is 13.7. The van der Waals surface area contributed by atoms with Crippen molar-refractivity contribution < 1.29 is 9.72 Å². The molecule has 1 saturated heterocycles. The Morgan fingerprint density at radius 2 is 1.71 bits per heavy atom. The molecule has 0 N–H and O–H groups in total. The minimum Gasteiger partial charge on any atom is -0.337 e. The first-order chi connectivity index (χ1) is 16.8. The van der Waals surface area contributed by atoms with Gasteiger partial charge in [-0.25, -0.2) is 9.97 Å². The molecule has 9 heteroatoms. The Morgan fingerprint density at radius 3 is 2.37 bits per heavy atom. The van der Waals surface area contributed by atoms with E-state index in [4.69, 9.17) is 0 Å². The zero-order valence-electron chi connectivity index (χ0n) is 19.8. The SMILES string of the molecule is C=C(C(=O)N1CCN(c2ncccn2)CC1)c1ccc(Sc2ccccc2C(C)C)c([N+](=O)[O-])c1. The van der Waals surface area contributed by atoms with Gasteiger partial charge in [0.05, 0.1) is 9.82 Å². The van der Waals surface area contributed by atoms with Gasteiger partial charge in [-0.2, -0.15) is 0 Å². The predicted molar refractivity (Wildman–Crippen MR) is 138 cm³/mol. The molecule has 0 unspecified atom stereocenters. The van der Waals surface area contributed by atoms with Crippen LogP contribution in [0.4, 0.5) is 11.6 Å². The van der Waals surface area contributed by atoms with E-state index in [0.717, 1.165) is 10.5 Å². The van der Waals surface area contributed by atoms with E-state index in [2.05, 4.69) is 30.4 Å². The summed E-state index contributed by atoms with van der Waals surface area (Å²) in [6.45, 7) is 10.4. The third kappa shape index (κ3) is 5.51. The lowest BCUT2D eigenvalue weighted by molar-refractivity contribution is -0.387. The number of rotatable bonds is 7. The molecule has 180 valence electrons. The first-order valence-corrected chi connectivity index (χ1v) is 12.2. The fourth-order valence-electron chi connectivity index (χ4n) is 3.98. The van der Waals surface area contributed by atoms with E-state index in [1.54, 1.807) is 35.5 Å². The van der Waals surface area contributed by atoms with Crippen molar-refractivity contribution in [3.05, 3.63) is 88.7 Å². The van der Waals surface area contributed by atoms with Crippen LogP contribution in [0.25, 0.3) is 5.57 Å². The minimum absolute atomic E-state index is 0.0361. The van der Waals surface area contributed by atoms with Crippen LogP contribution in [0, 0.1) is 10.1 Å². The molecule has 1 aromatic heterocycles. The van der Waals surface area contributed by atoms with E-state index >= 15 is 0 Å². The van der Waals surface area contributed by atoms with Crippen LogP contribution in [-0.2, 0) is 4.79 Å². The molecular weight excluding hydrogens is 462 g/mol. The molecule has 2 aromatic carbocycles. The number of anilines is 1. The Bertz CT molecular complexity index is 1240. The fourth-order valence-corrected chi connectivity index (χ4v) is 5.16. The Morgan fingerprint density at radius 1 is 1.03 bits per heavy atom. The van der Waals surface area contributed by atoms with E-state index in [-0.39, 0.29) is 17.2 Å². The quantitative estimate of drug-likeness (QED) is 0.261. The van der Waals surface area contributed by atoms with Crippen molar-refractivity contribution in [2.24, 2.45) is 0 Å². The average molecular weight is 490 g/mol. The summed E-state index contributed by atoms with van der Waals surface area (Å²) in [5, 5.41) is 11.9. The maximum atomic E-state index is 13.1. The van der Waals surface area contributed by atoms with Crippen molar-refractivity contribution in [2.45, 2.75) is 29.6 Å². The van der Waals surface area contributed by atoms with E-state index in [0.29, 0.717) is 48.5 Å². The molecule has 0 atom stereocenters. The number of benzene rings is 2. The van der Waals surface area contributed by atoms with Gasteiger partial charge in [0, 0.05) is 55.1 Å². The number of nitrogens with zero attached hydrogens (tertiary/aromatic N) is 5. The molecule has 2 heterocycles. The van der Waals surface area contributed by atoms with Crippen molar-refractivity contribution in [1.82, 2.24) is 14.9 Å². The first kappa shape index (κ1) is 24.4. The zero-order chi connectivity index (χ0) is 24.9. The van der Waals surface area contributed by atoms with E-state index in [1.807, 2.05) is 29.2 Å². The highest BCUT2D eigenvalue weighted by atomic mass is 32.2. The number of aromatic nitrogens is 2. The second-order valence-corrected chi connectivity index (χ2v) is 9.62. The number of nitro groups is 1. The van der Waals surface area contributed by atoms with E-state index in [1.165, 1.54) is 17.8 Å². The fraction of sp³-hybridized carbons (Fsp3) is 0.269. The van der Waals surface area contributed by atoms with Crippen molar-refractivity contribution in [1.29, 1.82) is 0 Å². The molecule has 1 aliphatic heterocycles. The molecule has 1 amide bonds. The highest BCUT2D eigenvalue weighted by Gasteiger charge is 2.26. The summed E-state index contributed by atoms with van der Waals surface area (Å²) in [5.74, 6) is 0.711. The van der Waals surface area contributed by atoms with Crippen LogP contribution in [0.2, 0.25) is 0 Å². The Balaban J connectivity index is 1.49. The van der Waals surface area contributed by atoms with Gasteiger partial charge in [-0.05, 0) is 35.2 Å². The zero-order valence-corrected chi connectivity index (χ0v) is 20.6. The second-order valence-electron chi connectivity index (χ2n) is 8.54. The standard InChI is InChI=1S/C26H27N5O3S/c1-18(2)21-7-4-5-8-23(21)35-24-10-9-20(17-22(24)31(33)34)19(3)25(32)29-13-15-30(16-14-29)26-27-11-6-12-28-26/h4-12,17-18H,3,13-16H2,1-2H3. The van der Waals surface area contributed by atoms with Gasteiger partial charge in [-0.3, -0.25) is 14.9 Å². The van der Waals surface area contributed by atoms with Crippen LogP contribution >= 0.6 is 11.8 Å². The largest absolute Gasteiger partial charge is 0.337 e. The monoisotopic (exact) mass is 489 g/mol. The smallest absolute Gasteiger partial charge is 0.283 e. The third-order valence-corrected chi connectivity index (χ3v) is 7.08. The Labute approximate surface area is 208 Å². The predicted octanol–water partition coefficient (Wildman–Crippen LogP) is 5.02. The lowest BCUT2D eigenvalue weighted by Crippen LogP contribution is -2.49.